The van der Waals surface area contributed by atoms with Crippen LogP contribution in [0.2, 0.25) is 0 Å². The predicted molar refractivity (Wildman–Crippen MR) is 22.7 cm³/mol. The van der Waals surface area contributed by atoms with E-state index in [1.165, 1.54) is 6.07 Å². The molecular weight excluding hydrogens is 183 g/mol. The Kier molecular flexibility index (Phi) is 3.01. The number of nitrogens with zero attached hydrogens (tertiary/aromatic N) is 2. The molecule has 3 N–H and O–H groups in total. The molecule has 0 saturated heterocycles. The number of hydrogen-bond donors (Lipinski definition) is 2. The van der Waals surface area contributed by atoms with Crippen molar-refractivity contribution in [3.63, 3.8) is 0 Å². The average molecular weight is 187 g/mol. The summed E-state index contributed by atoms with van der Waals surface area (Å²) in [5, 5.41) is 11.6. The van der Waals surface area contributed by atoms with Crippen molar-refractivity contribution in [2.75, 3.05) is 5.73 Å². The minimum absolute atomic E-state index is 0. The number of nitrogens with two attached hydrogens (primary N) is 1. The van der Waals surface area contributed by atoms with Crippen LogP contribution in [0.4, 0.5) is 5.82 Å². The van der Waals surface area contributed by atoms with Crippen LogP contribution in [-0.4, -0.2) is 15.2 Å². The molecule has 0 atom stereocenters. The van der Waals surface area contributed by atoms with E-state index in [1.54, 1.807) is 0 Å². The summed E-state index contributed by atoms with van der Waals surface area (Å²) in [6.45, 7) is 0. The second-order valence-electron chi connectivity index (χ2n) is 1.09. The molecule has 5 heteroatoms. The van der Waals surface area contributed by atoms with E-state index >= 15 is 0 Å². The average Bonchev–Trinajstić information content (AvgIpc) is 1.91. The fraction of sp³-hybridized carbons (Fsp3) is 0. The Balaban J connectivity index is 0.000000490. The van der Waals surface area contributed by atoms with Gasteiger partial charge < -0.3 is 10.9 Å². The zero-order valence-corrected chi connectivity index (χ0v) is 6.91. The standard InChI is InChI=1S/C3H4N3O.Y/c4-3-1-2-5-6(3)7;/h1,7H,4H2;/q-1;. The molecule has 0 bridgehead atoms. The van der Waals surface area contributed by atoms with Crippen molar-refractivity contribution >= 4 is 5.82 Å². The van der Waals surface area contributed by atoms with E-state index < -0.39 is 0 Å². The van der Waals surface area contributed by atoms with Crippen molar-refractivity contribution in [3.8, 4) is 0 Å². The second kappa shape index (κ2) is 3.04. The number of anilines is 1. The zero-order valence-electron chi connectivity index (χ0n) is 4.07. The Morgan fingerprint density at radius 3 is 2.62 bits per heavy atom. The summed E-state index contributed by atoms with van der Waals surface area (Å²) in [4.78, 5) is 0.556. The Hall–Kier alpha value is -0.0861. The third-order valence-electron chi connectivity index (χ3n) is 0.596. The summed E-state index contributed by atoms with van der Waals surface area (Å²) in [6, 6.07) is 1.38. The number of rotatable bonds is 0. The SMILES string of the molecule is Nc1c[c-]nn1O.[Y]. The summed E-state index contributed by atoms with van der Waals surface area (Å²) in [5.41, 5.74) is 5.06. The van der Waals surface area contributed by atoms with Gasteiger partial charge in [-0.05, 0) is 0 Å². The molecule has 0 aliphatic heterocycles. The van der Waals surface area contributed by atoms with E-state index in [0.29, 0.717) is 4.85 Å². The summed E-state index contributed by atoms with van der Waals surface area (Å²) < 4.78 is 0. The number of aromatic nitrogens is 2. The molecular formula is C3H4N3OY-. The molecule has 0 unspecified atom stereocenters. The zero-order chi connectivity index (χ0) is 5.28. The van der Waals surface area contributed by atoms with Crippen LogP contribution in [0.3, 0.4) is 0 Å². The van der Waals surface area contributed by atoms with Crippen molar-refractivity contribution in [3.05, 3.63) is 12.3 Å². The van der Waals surface area contributed by atoms with Crippen LogP contribution < -0.4 is 5.73 Å². The largest absolute Gasteiger partial charge is 0.458 e. The third kappa shape index (κ3) is 1.45. The monoisotopic (exact) mass is 187 g/mol. The maximum Gasteiger partial charge on any atom is 0.00817 e. The topological polar surface area (TPSA) is 64.1 Å². The van der Waals surface area contributed by atoms with Gasteiger partial charge >= 0.3 is 0 Å². The first-order valence-electron chi connectivity index (χ1n) is 1.71. The molecule has 1 aromatic rings. The van der Waals surface area contributed by atoms with Crippen LogP contribution in [0.1, 0.15) is 0 Å². The van der Waals surface area contributed by atoms with Gasteiger partial charge in [0.25, 0.3) is 0 Å². The Morgan fingerprint density at radius 2 is 2.50 bits per heavy atom. The fourth-order valence-electron chi connectivity index (χ4n) is 0.265. The van der Waals surface area contributed by atoms with Crippen molar-refractivity contribution in [1.29, 1.82) is 0 Å². The minimum atomic E-state index is 0. The van der Waals surface area contributed by atoms with Crippen molar-refractivity contribution in [2.45, 2.75) is 0 Å². The predicted octanol–water partition coefficient (Wildman–Crippen LogP) is -0.500. The Bertz CT molecular complexity index is 147. The van der Waals surface area contributed by atoms with E-state index in [9.17, 15) is 0 Å². The van der Waals surface area contributed by atoms with Gasteiger partial charge in [0.15, 0.2) is 0 Å². The van der Waals surface area contributed by atoms with E-state index in [1.807, 2.05) is 0 Å². The van der Waals surface area contributed by atoms with E-state index in [4.69, 9.17) is 10.9 Å². The fourth-order valence-corrected chi connectivity index (χ4v) is 0.265. The van der Waals surface area contributed by atoms with Gasteiger partial charge in [-0.1, -0.05) is 0 Å². The summed E-state index contributed by atoms with van der Waals surface area (Å²) in [7, 11) is 0. The maximum absolute atomic E-state index is 8.41. The first kappa shape index (κ1) is 7.91. The molecule has 8 heavy (non-hydrogen) atoms. The van der Waals surface area contributed by atoms with Gasteiger partial charge in [-0.25, -0.2) is 0 Å². The molecule has 0 aliphatic carbocycles. The summed E-state index contributed by atoms with van der Waals surface area (Å²) in [6.07, 6.45) is 2.34. The molecule has 1 radical (unpaired) electrons. The molecule has 0 aromatic carbocycles. The van der Waals surface area contributed by atoms with Crippen LogP contribution >= 0.6 is 0 Å². The van der Waals surface area contributed by atoms with Crippen molar-refractivity contribution in [1.82, 2.24) is 9.94 Å². The van der Waals surface area contributed by atoms with Gasteiger partial charge in [-0.3, -0.25) is 5.10 Å². The number of nitrogen functional groups attached to an aromatic ring is 1. The smallest absolute Gasteiger partial charge is 0.00817 e. The van der Waals surface area contributed by atoms with E-state index in [2.05, 4.69) is 11.3 Å². The van der Waals surface area contributed by atoms with Gasteiger partial charge in [0, 0.05) is 38.5 Å². The second-order valence-corrected chi connectivity index (χ2v) is 1.09. The summed E-state index contributed by atoms with van der Waals surface area (Å²) in [5.74, 6) is 0.194. The molecule has 1 aromatic heterocycles. The first-order chi connectivity index (χ1) is 3.30. The normalized spacial score (nSPS) is 8.00. The third-order valence-corrected chi connectivity index (χ3v) is 0.596. The quantitative estimate of drug-likeness (QED) is 0.425. The maximum atomic E-state index is 8.41. The van der Waals surface area contributed by atoms with Crippen LogP contribution in [0.5, 0.6) is 0 Å². The van der Waals surface area contributed by atoms with Gasteiger partial charge in [-0.2, -0.15) is 10.9 Å². The van der Waals surface area contributed by atoms with Crippen LogP contribution in [0.15, 0.2) is 6.07 Å². The number of hydrogen-bond acceptors (Lipinski definition) is 3. The van der Waals surface area contributed by atoms with Crippen molar-refractivity contribution < 1.29 is 37.9 Å². The molecule has 0 amide bonds. The molecule has 0 spiro atoms. The van der Waals surface area contributed by atoms with Gasteiger partial charge in [0.2, 0.25) is 0 Å². The van der Waals surface area contributed by atoms with Crippen LogP contribution in [0.25, 0.3) is 0 Å². The van der Waals surface area contributed by atoms with E-state index in [-0.39, 0.29) is 38.5 Å². The molecule has 41 valence electrons. The first-order valence-corrected chi connectivity index (χ1v) is 1.71. The molecule has 0 fully saturated rings. The molecule has 0 aliphatic rings. The van der Waals surface area contributed by atoms with E-state index in [0.717, 1.165) is 0 Å². The van der Waals surface area contributed by atoms with Crippen LogP contribution in [0, 0.1) is 6.20 Å². The molecule has 4 nitrogen and oxygen atoms in total. The van der Waals surface area contributed by atoms with Crippen LogP contribution in [-0.2, 0) is 32.7 Å². The molecule has 0 saturated carbocycles. The van der Waals surface area contributed by atoms with Gasteiger partial charge in [0.05, 0.1) is 0 Å². The van der Waals surface area contributed by atoms with Gasteiger partial charge in [0.1, 0.15) is 0 Å². The Morgan fingerprint density at radius 1 is 1.88 bits per heavy atom. The summed E-state index contributed by atoms with van der Waals surface area (Å²) >= 11 is 0. The minimum Gasteiger partial charge on any atom is -0.458 e. The van der Waals surface area contributed by atoms with Crippen molar-refractivity contribution in [2.24, 2.45) is 0 Å². The van der Waals surface area contributed by atoms with Gasteiger partial charge in [-0.15, -0.1) is 6.20 Å². The molecule has 1 heterocycles. The molecule has 1 rings (SSSR count). The Labute approximate surface area is 71.5 Å².